The zero-order chi connectivity index (χ0) is 22.4. The predicted molar refractivity (Wildman–Crippen MR) is 118 cm³/mol. The van der Waals surface area contributed by atoms with E-state index < -0.39 is 28.4 Å². The Kier molecular flexibility index (Phi) is 4.84. The monoisotopic (exact) mass is 433 g/mol. The molecule has 1 saturated heterocycles. The second kappa shape index (κ2) is 7.71. The summed E-state index contributed by atoms with van der Waals surface area (Å²) in [5, 5.41) is 0.104. The van der Waals surface area contributed by atoms with Crippen LogP contribution in [0.4, 0.5) is 10.1 Å². The number of rotatable bonds is 4. The largest absolute Gasteiger partial charge is 0.364 e. The van der Waals surface area contributed by atoms with E-state index in [-0.39, 0.29) is 30.0 Å². The van der Waals surface area contributed by atoms with Gasteiger partial charge >= 0.3 is 0 Å². The SMILES string of the molecule is O=C(C(=O)N1CCN(c2c(C3C=CC=CC3)c(=O)c2=O)CC1)c1c[nH]c2cccc(F)c12. The van der Waals surface area contributed by atoms with Crippen LogP contribution < -0.4 is 15.8 Å². The Bertz CT molecular complexity index is 1370. The summed E-state index contributed by atoms with van der Waals surface area (Å²) in [6.45, 7) is 1.14. The number of carbonyl (C=O) groups is 2. The number of H-pyrrole nitrogens is 1. The van der Waals surface area contributed by atoms with Crippen LogP contribution >= 0.6 is 0 Å². The average Bonchev–Trinajstić information content (AvgIpc) is 3.27. The van der Waals surface area contributed by atoms with E-state index in [0.717, 1.165) is 0 Å². The molecule has 0 radical (unpaired) electrons. The zero-order valence-corrected chi connectivity index (χ0v) is 17.1. The van der Waals surface area contributed by atoms with Gasteiger partial charge in [-0.15, -0.1) is 0 Å². The lowest BCUT2D eigenvalue weighted by molar-refractivity contribution is -0.126. The molecule has 0 spiro atoms. The van der Waals surface area contributed by atoms with Crippen LogP contribution in [0, 0.1) is 5.82 Å². The van der Waals surface area contributed by atoms with Crippen molar-refractivity contribution in [2.75, 3.05) is 31.1 Å². The number of hydrogen-bond acceptors (Lipinski definition) is 5. The molecular weight excluding hydrogens is 413 g/mol. The van der Waals surface area contributed by atoms with Crippen molar-refractivity contribution >= 4 is 28.3 Å². The lowest BCUT2D eigenvalue weighted by atomic mass is 9.87. The number of nitrogens with zero attached hydrogens (tertiary/aromatic N) is 2. The molecule has 8 heteroatoms. The Morgan fingerprint density at radius 2 is 1.81 bits per heavy atom. The van der Waals surface area contributed by atoms with Gasteiger partial charge in [-0.05, 0) is 18.6 Å². The summed E-state index contributed by atoms with van der Waals surface area (Å²) in [5.74, 6) is -2.16. The normalized spacial score (nSPS) is 18.6. The number of aromatic nitrogens is 1. The number of anilines is 1. The van der Waals surface area contributed by atoms with E-state index in [0.29, 0.717) is 36.3 Å². The number of nitrogens with one attached hydrogen (secondary N) is 1. The van der Waals surface area contributed by atoms with Crippen LogP contribution in [0.5, 0.6) is 0 Å². The Labute approximate surface area is 182 Å². The Hall–Kier alpha value is -3.81. The molecule has 1 unspecified atom stereocenters. The van der Waals surface area contributed by atoms with Gasteiger partial charge in [0.1, 0.15) is 5.82 Å². The lowest BCUT2D eigenvalue weighted by Crippen LogP contribution is -2.54. The van der Waals surface area contributed by atoms with E-state index in [1.165, 1.54) is 23.2 Å². The van der Waals surface area contributed by atoms with E-state index in [9.17, 15) is 23.6 Å². The smallest absolute Gasteiger partial charge is 0.295 e. The molecule has 1 aliphatic heterocycles. The fraction of sp³-hybridized carbons (Fsp3) is 0.250. The molecule has 1 fully saturated rings. The first-order valence-corrected chi connectivity index (χ1v) is 10.5. The molecule has 1 N–H and O–H groups in total. The summed E-state index contributed by atoms with van der Waals surface area (Å²) in [6, 6.07) is 4.41. The molecule has 2 aromatic carbocycles. The minimum absolute atomic E-state index is 0.00688. The number of halogens is 1. The first kappa shape index (κ1) is 20.1. The van der Waals surface area contributed by atoms with Crippen LogP contribution in [0.1, 0.15) is 28.3 Å². The molecule has 7 nitrogen and oxygen atoms in total. The quantitative estimate of drug-likeness (QED) is 0.502. The highest BCUT2D eigenvalue weighted by molar-refractivity contribution is 6.44. The van der Waals surface area contributed by atoms with Crippen LogP contribution in [-0.2, 0) is 4.79 Å². The maximum atomic E-state index is 14.2. The third-order valence-electron chi connectivity index (χ3n) is 6.25. The summed E-state index contributed by atoms with van der Waals surface area (Å²) in [6.07, 6.45) is 9.67. The van der Waals surface area contributed by atoms with Crippen molar-refractivity contribution in [2.24, 2.45) is 0 Å². The summed E-state index contributed by atoms with van der Waals surface area (Å²) < 4.78 is 14.2. The minimum atomic E-state index is -0.774. The van der Waals surface area contributed by atoms with Gasteiger partial charge in [0, 0.05) is 54.8 Å². The highest BCUT2D eigenvalue weighted by Gasteiger charge is 2.34. The lowest BCUT2D eigenvalue weighted by Gasteiger charge is -2.37. The molecule has 32 heavy (non-hydrogen) atoms. The van der Waals surface area contributed by atoms with Gasteiger partial charge in [0.15, 0.2) is 0 Å². The highest BCUT2D eigenvalue weighted by Crippen LogP contribution is 2.30. The fourth-order valence-electron chi connectivity index (χ4n) is 4.56. The van der Waals surface area contributed by atoms with Crippen LogP contribution in [-0.4, -0.2) is 47.8 Å². The number of piperazine rings is 1. The number of hydrogen-bond donors (Lipinski definition) is 1. The molecule has 0 bridgehead atoms. The van der Waals surface area contributed by atoms with E-state index in [2.05, 4.69) is 4.98 Å². The number of Topliss-reactive ketones (excluding diaryl/α,β-unsaturated/α-hetero) is 1. The van der Waals surface area contributed by atoms with Crippen molar-refractivity contribution in [1.82, 2.24) is 9.88 Å². The molecule has 162 valence electrons. The average molecular weight is 433 g/mol. The minimum Gasteiger partial charge on any atom is -0.364 e. The Morgan fingerprint density at radius 3 is 2.53 bits per heavy atom. The predicted octanol–water partition coefficient (Wildman–Crippen LogP) is 2.03. The topological polar surface area (TPSA) is 90.6 Å². The van der Waals surface area contributed by atoms with Gasteiger partial charge in [-0.3, -0.25) is 19.2 Å². The van der Waals surface area contributed by atoms with Crippen molar-refractivity contribution in [3.8, 4) is 0 Å². The number of aromatic amines is 1. The molecule has 2 heterocycles. The Morgan fingerprint density at radius 1 is 1.03 bits per heavy atom. The van der Waals surface area contributed by atoms with Crippen molar-refractivity contribution in [1.29, 1.82) is 0 Å². The van der Waals surface area contributed by atoms with Crippen molar-refractivity contribution in [3.05, 3.63) is 86.1 Å². The van der Waals surface area contributed by atoms with Gasteiger partial charge in [-0.1, -0.05) is 30.4 Å². The highest BCUT2D eigenvalue weighted by atomic mass is 19.1. The number of ketones is 1. The van der Waals surface area contributed by atoms with Gasteiger partial charge in [0.2, 0.25) is 10.9 Å². The van der Waals surface area contributed by atoms with Crippen molar-refractivity contribution in [2.45, 2.75) is 12.3 Å². The maximum absolute atomic E-state index is 14.2. The standard InChI is InChI=1S/C24H20FN3O4/c25-16-7-4-8-17-19(16)15(13-26-17)21(29)24(32)28-11-9-27(10-12-28)20-18(22(30)23(20)31)14-5-2-1-3-6-14/h1-5,7-8,13-14,26H,6,9-12H2. The first-order valence-electron chi connectivity index (χ1n) is 10.5. The number of amides is 1. The first-order chi connectivity index (χ1) is 15.5. The summed E-state index contributed by atoms with van der Waals surface area (Å²) in [4.78, 5) is 56.2. The molecule has 0 saturated carbocycles. The number of benzene rings is 1. The van der Waals surface area contributed by atoms with Crippen molar-refractivity contribution < 1.29 is 14.0 Å². The van der Waals surface area contributed by atoms with E-state index >= 15 is 0 Å². The molecule has 1 atom stereocenters. The third kappa shape index (κ3) is 3.10. The second-order valence-electron chi connectivity index (χ2n) is 8.05. The van der Waals surface area contributed by atoms with Gasteiger partial charge in [-0.25, -0.2) is 4.39 Å². The number of allylic oxidation sites excluding steroid dienone is 4. The van der Waals surface area contributed by atoms with Gasteiger partial charge in [0.25, 0.3) is 11.7 Å². The third-order valence-corrected chi connectivity index (χ3v) is 6.25. The molecule has 1 amide bonds. The summed E-state index contributed by atoms with van der Waals surface area (Å²) in [5.41, 5.74) is 0.475. The molecule has 3 aromatic rings. The van der Waals surface area contributed by atoms with Crippen LogP contribution in [0.3, 0.4) is 0 Å². The van der Waals surface area contributed by atoms with Crippen LogP contribution in [0.15, 0.2) is 58.3 Å². The van der Waals surface area contributed by atoms with Crippen LogP contribution in [0.25, 0.3) is 10.9 Å². The number of carbonyl (C=O) groups excluding carboxylic acids is 2. The fourth-order valence-corrected chi connectivity index (χ4v) is 4.56. The summed E-state index contributed by atoms with van der Waals surface area (Å²) >= 11 is 0. The van der Waals surface area contributed by atoms with E-state index in [1.807, 2.05) is 29.2 Å². The second-order valence-corrected chi connectivity index (χ2v) is 8.05. The number of fused-ring (bicyclic) bond motifs is 1. The molecule has 1 aromatic heterocycles. The summed E-state index contributed by atoms with van der Waals surface area (Å²) in [7, 11) is 0. The van der Waals surface area contributed by atoms with Gasteiger partial charge in [0.05, 0.1) is 11.3 Å². The molecule has 2 aliphatic rings. The maximum Gasteiger partial charge on any atom is 0.295 e. The van der Waals surface area contributed by atoms with E-state index in [4.69, 9.17) is 0 Å². The Balaban J connectivity index is 1.31. The zero-order valence-electron chi connectivity index (χ0n) is 17.1. The molecule has 1 aliphatic carbocycles. The molecular formula is C24H20FN3O4. The van der Waals surface area contributed by atoms with Crippen LogP contribution in [0.2, 0.25) is 0 Å². The van der Waals surface area contributed by atoms with E-state index in [1.54, 1.807) is 6.07 Å². The van der Waals surface area contributed by atoms with Crippen molar-refractivity contribution in [3.63, 3.8) is 0 Å². The van der Waals surface area contributed by atoms with Gasteiger partial charge < -0.3 is 14.8 Å². The molecule has 5 rings (SSSR count). The van der Waals surface area contributed by atoms with Gasteiger partial charge in [-0.2, -0.15) is 0 Å².